The van der Waals surface area contributed by atoms with E-state index in [0.29, 0.717) is 24.5 Å². The molecule has 1 aromatic heterocycles. The van der Waals surface area contributed by atoms with Gasteiger partial charge < -0.3 is 14.6 Å². The highest BCUT2D eigenvalue weighted by atomic mass is 16.6. The van der Waals surface area contributed by atoms with Gasteiger partial charge in [0, 0.05) is 18.0 Å². The van der Waals surface area contributed by atoms with Crippen molar-refractivity contribution in [3.63, 3.8) is 0 Å². The van der Waals surface area contributed by atoms with Crippen LogP contribution in [0.1, 0.15) is 66.6 Å². The number of likely N-dealkylation sites (tertiary alicyclic amines) is 1. The molecule has 25 heavy (non-hydrogen) atoms. The third-order valence-electron chi connectivity index (χ3n) is 3.93. The van der Waals surface area contributed by atoms with Crippen molar-refractivity contribution < 1.29 is 18.8 Å². The van der Waals surface area contributed by atoms with Crippen LogP contribution in [0.15, 0.2) is 10.6 Å². The number of rotatable bonds is 2. The molecule has 2 rings (SSSR count). The summed E-state index contributed by atoms with van der Waals surface area (Å²) in [6.07, 6.45) is 1.91. The summed E-state index contributed by atoms with van der Waals surface area (Å²) in [5.41, 5.74) is -0.785. The Hall–Kier alpha value is -2.05. The summed E-state index contributed by atoms with van der Waals surface area (Å²) in [4.78, 5) is 26.6. The van der Waals surface area contributed by atoms with Crippen molar-refractivity contribution in [1.29, 1.82) is 0 Å². The van der Waals surface area contributed by atoms with Crippen LogP contribution >= 0.6 is 0 Å². The second kappa shape index (κ2) is 7.06. The van der Waals surface area contributed by atoms with Gasteiger partial charge >= 0.3 is 6.09 Å². The fourth-order valence-corrected chi connectivity index (χ4v) is 2.64. The Kier molecular flexibility index (Phi) is 5.44. The maximum Gasteiger partial charge on any atom is 0.410 e. The first kappa shape index (κ1) is 19.3. The number of ether oxygens (including phenoxy) is 1. The van der Waals surface area contributed by atoms with Crippen LogP contribution in [0.3, 0.4) is 0 Å². The molecule has 140 valence electrons. The minimum absolute atomic E-state index is 0.191. The van der Waals surface area contributed by atoms with E-state index in [1.807, 2.05) is 41.5 Å². The van der Waals surface area contributed by atoms with Gasteiger partial charge in [-0.15, -0.1) is 0 Å². The Labute approximate surface area is 149 Å². The molecule has 0 aromatic carbocycles. The summed E-state index contributed by atoms with van der Waals surface area (Å²) < 4.78 is 10.7. The molecule has 1 aliphatic heterocycles. The fraction of sp³-hybridized carbons (Fsp3) is 0.722. The van der Waals surface area contributed by atoms with Crippen molar-refractivity contribution in [2.75, 3.05) is 11.9 Å². The topological polar surface area (TPSA) is 84.7 Å². The summed E-state index contributed by atoms with van der Waals surface area (Å²) in [7, 11) is 0. The molecule has 2 heterocycles. The third-order valence-corrected chi connectivity index (χ3v) is 3.93. The Morgan fingerprint density at radius 2 is 1.92 bits per heavy atom. The number of hydrogen-bond acceptors (Lipinski definition) is 5. The number of amides is 2. The Morgan fingerprint density at radius 3 is 2.48 bits per heavy atom. The lowest BCUT2D eigenvalue weighted by Crippen LogP contribution is -2.51. The molecule has 0 unspecified atom stereocenters. The molecule has 1 N–H and O–H groups in total. The standard InChI is InChI=1S/C18H29N3O4/c1-17(2,3)13-11-14(20-25-13)19-15(22)12-9-7-8-10-21(12)16(23)24-18(4,5)6/h11-12H,7-10H2,1-6H3,(H,19,20,22)/t12-/m1/s1. The molecular formula is C18H29N3O4. The van der Waals surface area contributed by atoms with Gasteiger partial charge in [-0.05, 0) is 40.0 Å². The van der Waals surface area contributed by atoms with E-state index in [1.54, 1.807) is 6.07 Å². The number of piperidine rings is 1. The molecule has 0 saturated carbocycles. The minimum Gasteiger partial charge on any atom is -0.444 e. The fourth-order valence-electron chi connectivity index (χ4n) is 2.64. The molecular weight excluding hydrogens is 322 g/mol. The molecule has 7 nitrogen and oxygen atoms in total. The maximum atomic E-state index is 12.7. The van der Waals surface area contributed by atoms with Crippen LogP contribution in [0, 0.1) is 0 Å². The van der Waals surface area contributed by atoms with Crippen molar-refractivity contribution in [2.45, 2.75) is 77.9 Å². The highest BCUT2D eigenvalue weighted by Gasteiger charge is 2.35. The van der Waals surface area contributed by atoms with Crippen LogP contribution in [-0.2, 0) is 14.9 Å². The van der Waals surface area contributed by atoms with Crippen molar-refractivity contribution in [1.82, 2.24) is 10.1 Å². The van der Waals surface area contributed by atoms with Gasteiger partial charge in [0.2, 0.25) is 5.91 Å². The molecule has 0 radical (unpaired) electrons. The number of anilines is 1. The molecule has 1 aliphatic rings. The first-order valence-corrected chi connectivity index (χ1v) is 8.75. The van der Waals surface area contributed by atoms with Gasteiger partial charge in [0.1, 0.15) is 17.4 Å². The number of carbonyl (C=O) groups excluding carboxylic acids is 2. The lowest BCUT2D eigenvalue weighted by Gasteiger charge is -2.35. The first-order valence-electron chi connectivity index (χ1n) is 8.75. The van der Waals surface area contributed by atoms with Gasteiger partial charge in [0.15, 0.2) is 5.82 Å². The Bertz CT molecular complexity index is 625. The molecule has 0 spiro atoms. The van der Waals surface area contributed by atoms with Crippen LogP contribution in [-0.4, -0.2) is 40.2 Å². The zero-order valence-electron chi connectivity index (χ0n) is 16.0. The zero-order chi connectivity index (χ0) is 18.8. The van der Waals surface area contributed by atoms with E-state index in [1.165, 1.54) is 4.90 Å². The highest BCUT2D eigenvalue weighted by molar-refractivity contribution is 5.96. The molecule has 0 aliphatic carbocycles. The average Bonchev–Trinajstić information content (AvgIpc) is 2.94. The van der Waals surface area contributed by atoms with E-state index in [4.69, 9.17) is 9.26 Å². The summed E-state index contributed by atoms with van der Waals surface area (Å²) in [6, 6.07) is 1.16. The minimum atomic E-state index is -0.594. The van der Waals surface area contributed by atoms with Gasteiger partial charge in [-0.2, -0.15) is 0 Å². The van der Waals surface area contributed by atoms with Crippen LogP contribution in [0.4, 0.5) is 10.6 Å². The largest absolute Gasteiger partial charge is 0.444 e. The monoisotopic (exact) mass is 351 g/mol. The number of carbonyl (C=O) groups is 2. The SMILES string of the molecule is CC(C)(C)OC(=O)N1CCCC[C@@H]1C(=O)Nc1cc(C(C)(C)C)on1. The van der Waals surface area contributed by atoms with Crippen LogP contribution in [0.5, 0.6) is 0 Å². The number of aromatic nitrogens is 1. The molecule has 1 atom stereocenters. The van der Waals surface area contributed by atoms with Crippen LogP contribution in [0.25, 0.3) is 0 Å². The Morgan fingerprint density at radius 1 is 1.24 bits per heavy atom. The molecule has 1 saturated heterocycles. The van der Waals surface area contributed by atoms with E-state index in [-0.39, 0.29) is 11.3 Å². The van der Waals surface area contributed by atoms with E-state index in [0.717, 1.165) is 12.8 Å². The van der Waals surface area contributed by atoms with Crippen LogP contribution < -0.4 is 5.32 Å². The van der Waals surface area contributed by atoms with Crippen molar-refractivity contribution in [3.05, 3.63) is 11.8 Å². The quantitative estimate of drug-likeness (QED) is 0.878. The van der Waals surface area contributed by atoms with Gasteiger partial charge in [-0.3, -0.25) is 9.69 Å². The van der Waals surface area contributed by atoms with Gasteiger partial charge in [0.05, 0.1) is 0 Å². The first-order chi connectivity index (χ1) is 11.5. The van der Waals surface area contributed by atoms with Gasteiger partial charge in [-0.25, -0.2) is 4.79 Å². The van der Waals surface area contributed by atoms with Gasteiger partial charge in [-0.1, -0.05) is 25.9 Å². The van der Waals surface area contributed by atoms with Crippen molar-refractivity contribution in [3.8, 4) is 0 Å². The van der Waals surface area contributed by atoms with E-state index < -0.39 is 17.7 Å². The van der Waals surface area contributed by atoms with Gasteiger partial charge in [0.25, 0.3) is 0 Å². The second-order valence-corrected chi connectivity index (χ2v) is 8.50. The lowest BCUT2D eigenvalue weighted by atomic mass is 9.93. The summed E-state index contributed by atoms with van der Waals surface area (Å²) >= 11 is 0. The molecule has 1 aromatic rings. The molecule has 1 fully saturated rings. The molecule has 2 amide bonds. The average molecular weight is 351 g/mol. The summed E-state index contributed by atoms with van der Waals surface area (Å²) in [5.74, 6) is 0.791. The Balaban J connectivity index is 2.07. The van der Waals surface area contributed by atoms with E-state index >= 15 is 0 Å². The third kappa shape index (κ3) is 5.21. The van der Waals surface area contributed by atoms with E-state index in [9.17, 15) is 9.59 Å². The number of nitrogens with zero attached hydrogens (tertiary/aromatic N) is 2. The number of nitrogens with one attached hydrogen (secondary N) is 1. The predicted octanol–water partition coefficient (Wildman–Crippen LogP) is 3.70. The van der Waals surface area contributed by atoms with Crippen molar-refractivity contribution >= 4 is 17.8 Å². The zero-order valence-corrected chi connectivity index (χ0v) is 16.0. The van der Waals surface area contributed by atoms with Crippen LogP contribution in [0.2, 0.25) is 0 Å². The predicted molar refractivity (Wildman–Crippen MR) is 94.4 cm³/mol. The summed E-state index contributed by atoms with van der Waals surface area (Å²) in [6.45, 7) is 12.0. The highest BCUT2D eigenvalue weighted by Crippen LogP contribution is 2.25. The normalized spacial score (nSPS) is 18.8. The van der Waals surface area contributed by atoms with E-state index in [2.05, 4.69) is 10.5 Å². The summed E-state index contributed by atoms with van der Waals surface area (Å²) in [5, 5.41) is 6.66. The number of hydrogen-bond donors (Lipinski definition) is 1. The molecule has 7 heteroatoms. The smallest absolute Gasteiger partial charge is 0.410 e. The maximum absolute atomic E-state index is 12.7. The lowest BCUT2D eigenvalue weighted by molar-refractivity contribution is -0.122. The second-order valence-electron chi connectivity index (χ2n) is 8.50. The van der Waals surface area contributed by atoms with Crippen molar-refractivity contribution in [2.24, 2.45) is 0 Å². The molecule has 0 bridgehead atoms.